The van der Waals surface area contributed by atoms with Crippen LogP contribution in [0.15, 0.2) is 54.6 Å². The lowest BCUT2D eigenvalue weighted by Crippen LogP contribution is -2.49. The van der Waals surface area contributed by atoms with E-state index < -0.39 is 0 Å². The zero-order chi connectivity index (χ0) is 22.1. The molecule has 6 heteroatoms. The second-order valence-corrected chi connectivity index (χ2v) is 8.63. The maximum absolute atomic E-state index is 13.4. The molecule has 0 bridgehead atoms. The van der Waals surface area contributed by atoms with Gasteiger partial charge >= 0.3 is 0 Å². The fourth-order valence-corrected chi connectivity index (χ4v) is 4.05. The van der Waals surface area contributed by atoms with Crippen LogP contribution in [0.5, 0.6) is 11.5 Å². The normalized spacial score (nSPS) is 19.2. The van der Waals surface area contributed by atoms with Crippen molar-refractivity contribution in [1.82, 2.24) is 10.2 Å². The summed E-state index contributed by atoms with van der Waals surface area (Å²) in [6.07, 6.45) is 0.759. The lowest BCUT2D eigenvalue weighted by atomic mass is 9.88. The van der Waals surface area contributed by atoms with Crippen LogP contribution in [0, 0.1) is 23.6 Å². The van der Waals surface area contributed by atoms with E-state index in [1.807, 2.05) is 30.3 Å². The van der Waals surface area contributed by atoms with Gasteiger partial charge in [0.1, 0.15) is 23.9 Å². The maximum atomic E-state index is 13.4. The molecule has 1 saturated heterocycles. The number of halogens is 1. The van der Waals surface area contributed by atoms with E-state index in [-0.39, 0.29) is 23.6 Å². The molecule has 1 aliphatic rings. The van der Waals surface area contributed by atoms with Gasteiger partial charge in [0, 0.05) is 31.6 Å². The van der Waals surface area contributed by atoms with Crippen LogP contribution in [0.3, 0.4) is 0 Å². The number of nitrogens with one attached hydrogen (secondary N) is 1. The number of carbonyl (C=O) groups is 1. The smallest absolute Gasteiger partial charge is 0.224 e. The minimum atomic E-state index is -0.308. The number of nitrogens with zero attached hydrogens (tertiary/aromatic N) is 1. The van der Waals surface area contributed by atoms with Gasteiger partial charge in [-0.1, -0.05) is 38.1 Å². The number of hydrogen-bond donors (Lipinski definition) is 1. The van der Waals surface area contributed by atoms with Gasteiger partial charge in [0.25, 0.3) is 0 Å². The average molecular weight is 429 g/mol. The number of para-hydroxylation sites is 1. The van der Waals surface area contributed by atoms with Gasteiger partial charge in [0.05, 0.1) is 19.1 Å². The Bertz CT molecular complexity index is 815. The van der Waals surface area contributed by atoms with Gasteiger partial charge in [0.2, 0.25) is 5.91 Å². The monoisotopic (exact) mass is 428 g/mol. The highest BCUT2D eigenvalue weighted by atomic mass is 19.1. The molecule has 3 rings (SSSR count). The van der Waals surface area contributed by atoms with Gasteiger partial charge in [0.15, 0.2) is 0 Å². The zero-order valence-electron chi connectivity index (χ0n) is 18.4. The van der Waals surface area contributed by atoms with Crippen molar-refractivity contribution in [2.75, 3.05) is 39.4 Å². The van der Waals surface area contributed by atoms with Crippen LogP contribution in [0.4, 0.5) is 4.39 Å². The van der Waals surface area contributed by atoms with Crippen LogP contribution in [0.1, 0.15) is 20.3 Å². The Balaban J connectivity index is 1.50. The Kier molecular flexibility index (Phi) is 8.71. The quantitative estimate of drug-likeness (QED) is 0.582. The molecule has 1 N–H and O–H groups in total. The average Bonchev–Trinajstić information content (AvgIpc) is 2.75. The van der Waals surface area contributed by atoms with Gasteiger partial charge in [-0.2, -0.15) is 0 Å². The molecule has 0 aromatic heterocycles. The Morgan fingerprint density at radius 3 is 2.61 bits per heavy atom. The zero-order valence-corrected chi connectivity index (χ0v) is 18.4. The van der Waals surface area contributed by atoms with E-state index in [9.17, 15) is 9.18 Å². The number of ether oxygens (including phenoxy) is 2. The molecule has 5 nitrogen and oxygen atoms in total. The second kappa shape index (κ2) is 11.7. The fraction of sp³-hybridized carbons (Fsp3) is 0.480. The van der Waals surface area contributed by atoms with Crippen LogP contribution in [-0.4, -0.2) is 50.2 Å². The van der Waals surface area contributed by atoms with Crippen molar-refractivity contribution in [2.24, 2.45) is 17.8 Å². The van der Waals surface area contributed by atoms with Crippen molar-refractivity contribution in [3.63, 3.8) is 0 Å². The summed E-state index contributed by atoms with van der Waals surface area (Å²) in [6.45, 7) is 8.32. The second-order valence-electron chi connectivity index (χ2n) is 8.63. The summed E-state index contributed by atoms with van der Waals surface area (Å²) in [5.74, 6) is 1.72. The highest BCUT2D eigenvalue weighted by molar-refractivity contribution is 5.79. The van der Waals surface area contributed by atoms with Crippen LogP contribution < -0.4 is 14.8 Å². The summed E-state index contributed by atoms with van der Waals surface area (Å²) in [4.78, 5) is 15.2. The van der Waals surface area contributed by atoms with Crippen LogP contribution >= 0.6 is 0 Å². The third-order valence-corrected chi connectivity index (χ3v) is 5.30. The van der Waals surface area contributed by atoms with Crippen LogP contribution in [0.25, 0.3) is 0 Å². The lowest BCUT2D eigenvalue weighted by Gasteiger charge is -2.37. The van der Waals surface area contributed by atoms with E-state index in [2.05, 4.69) is 24.1 Å². The molecule has 2 aromatic carbocycles. The van der Waals surface area contributed by atoms with Crippen LogP contribution in [0.2, 0.25) is 0 Å². The summed E-state index contributed by atoms with van der Waals surface area (Å²) >= 11 is 0. The lowest BCUT2D eigenvalue weighted by molar-refractivity contribution is -0.127. The predicted molar refractivity (Wildman–Crippen MR) is 120 cm³/mol. The molecule has 0 aliphatic carbocycles. The summed E-state index contributed by atoms with van der Waals surface area (Å²) in [7, 11) is 0. The molecule has 2 aromatic rings. The molecular formula is C25H33FN2O3. The number of likely N-dealkylation sites (tertiary alicyclic amines) is 1. The third-order valence-electron chi connectivity index (χ3n) is 5.30. The minimum absolute atomic E-state index is 0.0564. The number of rotatable bonds is 10. The fourth-order valence-electron chi connectivity index (χ4n) is 4.05. The van der Waals surface area contributed by atoms with Gasteiger partial charge < -0.3 is 19.7 Å². The van der Waals surface area contributed by atoms with Gasteiger partial charge in [-0.25, -0.2) is 4.39 Å². The first-order chi connectivity index (χ1) is 15.0. The molecule has 0 radical (unpaired) electrons. The number of hydrogen-bond acceptors (Lipinski definition) is 4. The highest BCUT2D eigenvalue weighted by Gasteiger charge is 2.32. The van der Waals surface area contributed by atoms with Crippen molar-refractivity contribution < 1.29 is 18.7 Å². The van der Waals surface area contributed by atoms with Gasteiger partial charge in [-0.3, -0.25) is 4.79 Å². The van der Waals surface area contributed by atoms with Crippen molar-refractivity contribution in [1.29, 1.82) is 0 Å². The molecular weight excluding hydrogens is 395 g/mol. The van der Waals surface area contributed by atoms with Crippen molar-refractivity contribution in [3.8, 4) is 11.5 Å². The molecule has 0 saturated carbocycles. The number of amides is 1. The first kappa shape index (κ1) is 23.1. The molecule has 31 heavy (non-hydrogen) atoms. The summed E-state index contributed by atoms with van der Waals surface area (Å²) in [5.41, 5.74) is 0. The largest absolute Gasteiger partial charge is 0.493 e. The van der Waals surface area contributed by atoms with Gasteiger partial charge in [-0.05, 0) is 36.6 Å². The highest BCUT2D eigenvalue weighted by Crippen LogP contribution is 2.24. The van der Waals surface area contributed by atoms with E-state index in [4.69, 9.17) is 9.47 Å². The van der Waals surface area contributed by atoms with E-state index >= 15 is 0 Å². The Morgan fingerprint density at radius 2 is 1.87 bits per heavy atom. The SMILES string of the molecule is CC(C)CN1C[C@@H](COc2cccc(F)c2)C[C@@H](C(=O)NCCOc2ccccc2)C1. The van der Waals surface area contributed by atoms with Gasteiger partial charge in [-0.15, -0.1) is 0 Å². The molecule has 1 aliphatic heterocycles. The van der Waals surface area contributed by atoms with Crippen molar-refractivity contribution >= 4 is 5.91 Å². The molecule has 168 valence electrons. The molecule has 1 amide bonds. The summed E-state index contributed by atoms with van der Waals surface area (Å²) < 4.78 is 24.9. The van der Waals surface area contributed by atoms with E-state index in [0.717, 1.165) is 31.8 Å². The standard InChI is InChI=1S/C25H33FN2O3/c1-19(2)15-28-16-20(18-31-24-10-6-7-22(26)14-24)13-21(17-28)25(29)27-11-12-30-23-8-4-3-5-9-23/h3-10,14,19-21H,11-13,15-18H2,1-2H3,(H,27,29)/t20-,21+/m0/s1. The molecule has 0 unspecified atom stereocenters. The summed E-state index contributed by atoms with van der Waals surface area (Å²) in [6, 6.07) is 15.8. The predicted octanol–water partition coefficient (Wildman–Crippen LogP) is 3.99. The summed E-state index contributed by atoms with van der Waals surface area (Å²) in [5, 5.41) is 3.02. The molecule has 1 fully saturated rings. The molecule has 0 spiro atoms. The first-order valence-electron chi connectivity index (χ1n) is 11.1. The third kappa shape index (κ3) is 7.87. The minimum Gasteiger partial charge on any atom is -0.493 e. The Morgan fingerprint density at radius 1 is 1.10 bits per heavy atom. The van der Waals surface area contributed by atoms with E-state index in [1.54, 1.807) is 12.1 Å². The number of benzene rings is 2. The number of piperidine rings is 1. The van der Waals surface area contributed by atoms with Crippen LogP contribution in [-0.2, 0) is 4.79 Å². The van der Waals surface area contributed by atoms with Crippen molar-refractivity contribution in [2.45, 2.75) is 20.3 Å². The van der Waals surface area contributed by atoms with E-state index in [0.29, 0.717) is 31.4 Å². The maximum Gasteiger partial charge on any atom is 0.224 e. The Labute approximate surface area is 184 Å². The molecule has 1 heterocycles. The molecule has 2 atom stereocenters. The Hall–Kier alpha value is -2.60. The van der Waals surface area contributed by atoms with E-state index in [1.165, 1.54) is 12.1 Å². The topological polar surface area (TPSA) is 50.8 Å². The first-order valence-corrected chi connectivity index (χ1v) is 11.1. The van der Waals surface area contributed by atoms with Crippen molar-refractivity contribution in [3.05, 3.63) is 60.4 Å². The number of carbonyl (C=O) groups excluding carboxylic acids is 1.